The first-order valence-electron chi connectivity index (χ1n) is 20.0. The minimum atomic E-state index is -2.18. The average Bonchev–Trinajstić information content (AvgIpc) is 3.63. The van der Waals surface area contributed by atoms with Gasteiger partial charge in [0.05, 0.1) is 5.58 Å². The van der Waals surface area contributed by atoms with E-state index >= 15 is 0 Å². The van der Waals surface area contributed by atoms with Crippen LogP contribution in [0.15, 0.2) is 138 Å². The number of pyridine rings is 3. The average molecular weight is 870 g/mol. The maximum Gasteiger partial charge on any atom is 0.129 e. The van der Waals surface area contributed by atoms with Crippen LogP contribution in [-0.4, -0.2) is 15.0 Å². The second-order valence-electron chi connectivity index (χ2n) is 12.8. The SMILES string of the molecule is Cc1cc2ccncc2c(-c2ccc(C)c3c2oc2c(-c4cc(-c5ccccc5)ccn4)[c-]ccc23)c1C.[2H]C([2H])([2H])c1c[c-]c(-c2ccc(C([2H])([2H])[2H])cn2)cc1.[Ir]. The number of rotatable bonds is 4. The molecule has 53 heavy (non-hydrogen) atoms. The molecule has 0 fully saturated rings. The molecular formula is C48H37IrN3O-2. The van der Waals surface area contributed by atoms with Crippen molar-refractivity contribution in [3.63, 3.8) is 0 Å². The zero-order chi connectivity index (χ0) is 40.8. The van der Waals surface area contributed by atoms with Gasteiger partial charge in [-0.1, -0.05) is 84.5 Å². The first-order valence-corrected chi connectivity index (χ1v) is 17.0. The van der Waals surface area contributed by atoms with Crippen molar-refractivity contribution < 1.29 is 32.7 Å². The minimum absolute atomic E-state index is 0. The number of furan rings is 1. The van der Waals surface area contributed by atoms with E-state index in [0.29, 0.717) is 11.3 Å². The molecule has 5 aromatic carbocycles. The third kappa shape index (κ3) is 6.94. The molecule has 4 nitrogen and oxygen atoms in total. The Labute approximate surface area is 332 Å². The molecule has 0 saturated carbocycles. The van der Waals surface area contributed by atoms with Crippen LogP contribution < -0.4 is 0 Å². The molecule has 261 valence electrons. The van der Waals surface area contributed by atoms with Gasteiger partial charge in [0.2, 0.25) is 0 Å². The largest absolute Gasteiger partial charge is 0.500 e. The van der Waals surface area contributed by atoms with E-state index in [1.54, 1.807) is 12.1 Å². The van der Waals surface area contributed by atoms with Gasteiger partial charge < -0.3 is 14.4 Å². The minimum Gasteiger partial charge on any atom is -0.500 e. The summed E-state index contributed by atoms with van der Waals surface area (Å²) >= 11 is 0. The summed E-state index contributed by atoms with van der Waals surface area (Å²) in [5, 5.41) is 4.52. The van der Waals surface area contributed by atoms with Crippen LogP contribution in [-0.2, 0) is 20.1 Å². The summed E-state index contributed by atoms with van der Waals surface area (Å²) in [6.07, 6.45) is 6.97. The summed E-state index contributed by atoms with van der Waals surface area (Å²) < 4.78 is 50.4. The van der Waals surface area contributed by atoms with Crippen LogP contribution in [0.1, 0.15) is 36.0 Å². The second-order valence-corrected chi connectivity index (χ2v) is 12.8. The second kappa shape index (κ2) is 15.1. The van der Waals surface area contributed by atoms with E-state index in [9.17, 15) is 0 Å². The Morgan fingerprint density at radius 3 is 2.28 bits per heavy atom. The molecule has 0 atom stereocenters. The van der Waals surface area contributed by atoms with Crippen LogP contribution >= 0.6 is 0 Å². The number of hydrogen-bond donors (Lipinski definition) is 0. The summed E-state index contributed by atoms with van der Waals surface area (Å²) in [5.41, 5.74) is 13.1. The molecule has 0 N–H and O–H groups in total. The topological polar surface area (TPSA) is 51.8 Å². The van der Waals surface area contributed by atoms with Gasteiger partial charge in [0, 0.05) is 69.5 Å². The molecule has 4 aromatic heterocycles. The smallest absolute Gasteiger partial charge is 0.129 e. The Kier molecular flexibility index (Phi) is 8.20. The van der Waals surface area contributed by atoms with Crippen molar-refractivity contribution in [2.75, 3.05) is 0 Å². The number of fused-ring (bicyclic) bond motifs is 4. The quantitative estimate of drug-likeness (QED) is 0.165. The van der Waals surface area contributed by atoms with E-state index in [-0.39, 0.29) is 31.2 Å². The van der Waals surface area contributed by atoms with Crippen LogP contribution in [0.2, 0.25) is 0 Å². The Morgan fingerprint density at radius 1 is 0.660 bits per heavy atom. The molecular weight excluding hydrogens is 827 g/mol. The van der Waals surface area contributed by atoms with Gasteiger partial charge in [0.25, 0.3) is 0 Å². The van der Waals surface area contributed by atoms with Gasteiger partial charge in [0.1, 0.15) is 5.58 Å². The fourth-order valence-corrected chi connectivity index (χ4v) is 6.74. The predicted molar refractivity (Wildman–Crippen MR) is 214 cm³/mol. The van der Waals surface area contributed by atoms with Crippen molar-refractivity contribution in [2.45, 2.75) is 34.5 Å². The summed E-state index contributed by atoms with van der Waals surface area (Å²) in [5.74, 6) is 0. The zero-order valence-electron chi connectivity index (χ0n) is 35.3. The predicted octanol–water partition coefficient (Wildman–Crippen LogP) is 12.4. The fourth-order valence-electron chi connectivity index (χ4n) is 6.74. The molecule has 4 heterocycles. The van der Waals surface area contributed by atoms with Gasteiger partial charge in [-0.3, -0.25) is 4.98 Å². The van der Waals surface area contributed by atoms with E-state index in [2.05, 4.69) is 104 Å². The molecule has 0 aliphatic carbocycles. The van der Waals surface area contributed by atoms with Crippen LogP contribution in [0.4, 0.5) is 0 Å². The van der Waals surface area contributed by atoms with Crippen molar-refractivity contribution in [1.29, 1.82) is 0 Å². The maximum atomic E-state index is 7.28. The molecule has 0 unspecified atom stereocenters. The molecule has 0 saturated heterocycles. The molecule has 0 aliphatic heterocycles. The molecule has 9 aromatic rings. The van der Waals surface area contributed by atoms with E-state index < -0.39 is 13.7 Å². The Morgan fingerprint density at radius 2 is 1.51 bits per heavy atom. The molecule has 0 bridgehead atoms. The summed E-state index contributed by atoms with van der Waals surface area (Å²) in [4.78, 5) is 13.3. The van der Waals surface area contributed by atoms with Crippen LogP contribution in [0.25, 0.3) is 77.5 Å². The van der Waals surface area contributed by atoms with Gasteiger partial charge >= 0.3 is 0 Å². The zero-order valence-corrected chi connectivity index (χ0v) is 31.7. The number of hydrogen-bond acceptors (Lipinski definition) is 4. The van der Waals surface area contributed by atoms with Gasteiger partial charge in [-0.25, -0.2) is 0 Å². The summed E-state index contributed by atoms with van der Waals surface area (Å²) in [6, 6.07) is 41.2. The third-order valence-electron chi connectivity index (χ3n) is 9.50. The Balaban J connectivity index is 0.000000214. The van der Waals surface area contributed by atoms with Crippen molar-refractivity contribution in [3.05, 3.63) is 174 Å². The maximum absolute atomic E-state index is 7.28. The molecule has 5 heteroatoms. The third-order valence-corrected chi connectivity index (χ3v) is 9.50. The summed E-state index contributed by atoms with van der Waals surface area (Å²) in [6.45, 7) is 2.16. The number of benzene rings is 5. The van der Waals surface area contributed by atoms with Crippen molar-refractivity contribution in [1.82, 2.24) is 15.0 Å². The molecule has 0 spiro atoms. The Bertz CT molecular complexity index is 2890. The van der Waals surface area contributed by atoms with Crippen molar-refractivity contribution in [3.8, 4) is 44.8 Å². The van der Waals surface area contributed by atoms with Gasteiger partial charge in [-0.15, -0.1) is 53.6 Å². The Hall–Kier alpha value is -5.74. The van der Waals surface area contributed by atoms with Crippen molar-refractivity contribution in [2.24, 2.45) is 0 Å². The van der Waals surface area contributed by atoms with Crippen LogP contribution in [0.3, 0.4) is 0 Å². The monoisotopic (exact) mass is 870 g/mol. The van der Waals surface area contributed by atoms with Gasteiger partial charge in [0.15, 0.2) is 0 Å². The van der Waals surface area contributed by atoms with Crippen LogP contribution in [0.5, 0.6) is 0 Å². The molecule has 9 rings (SSSR count). The fraction of sp³-hybridized carbons (Fsp3) is 0.104. The van der Waals surface area contributed by atoms with Crippen LogP contribution in [0, 0.1) is 46.6 Å². The van der Waals surface area contributed by atoms with E-state index in [4.69, 9.17) is 17.6 Å². The first-order chi connectivity index (χ1) is 27.8. The molecule has 0 amide bonds. The standard InChI is InChI=1S/C35H25N2O.C13H12N.Ir/c1-21-12-13-29(33-23(3)22(2)18-26-14-16-36-20-30(26)33)35-32(21)28-11-7-10-27(34(28)38-35)31-19-25(15-17-37-31)24-8-5-4-6-9-24;1-10-3-6-12(7-4-10)13-8-5-11(2)9-14-13;/h4-9,11-20H,1-3H3;3-6,8-9H,1-2H3;/q2*-1;/i;1D3,2D3;. The van der Waals surface area contributed by atoms with Gasteiger partial charge in [-0.05, 0) is 95.5 Å². The molecule has 0 aliphatic rings. The van der Waals surface area contributed by atoms with E-state index in [1.165, 1.54) is 52.0 Å². The number of nitrogens with zero attached hydrogens (tertiary/aromatic N) is 3. The van der Waals surface area contributed by atoms with Crippen molar-refractivity contribution >= 4 is 32.7 Å². The van der Waals surface area contributed by atoms with Gasteiger partial charge in [-0.2, -0.15) is 0 Å². The normalized spacial score (nSPS) is 13.1. The van der Waals surface area contributed by atoms with E-state index in [0.717, 1.165) is 55.3 Å². The molecule has 1 radical (unpaired) electrons. The van der Waals surface area contributed by atoms with E-state index in [1.807, 2.05) is 36.8 Å². The number of aryl methyl sites for hydroxylation is 4. The number of aromatic nitrogens is 3. The summed E-state index contributed by atoms with van der Waals surface area (Å²) in [7, 11) is 0. The first kappa shape index (κ1) is 28.8.